The van der Waals surface area contributed by atoms with Gasteiger partial charge < -0.3 is 5.32 Å². The number of aromatic nitrogens is 2. The first-order valence-electron chi connectivity index (χ1n) is 5.57. The smallest absolute Gasteiger partial charge is 0.253 e. The average molecular weight is 296 g/mol. The van der Waals surface area contributed by atoms with Gasteiger partial charge in [0.15, 0.2) is 0 Å². The number of nitrogens with zero attached hydrogens (tertiary/aromatic N) is 2. The normalized spacial score (nSPS) is 10.3. The summed E-state index contributed by atoms with van der Waals surface area (Å²) < 4.78 is 0. The Morgan fingerprint density at radius 1 is 1.26 bits per heavy atom. The minimum atomic E-state index is -0.222. The number of rotatable bonds is 3. The number of carbonyl (C=O) groups is 1. The monoisotopic (exact) mass is 295 g/mol. The first-order valence-corrected chi connectivity index (χ1v) is 6.32. The third-order valence-electron chi connectivity index (χ3n) is 2.47. The SMILES string of the molecule is Cc1ccc(C(=O)NCc2ncc(Cl)cc2Cl)cn1. The molecule has 0 saturated heterocycles. The highest BCUT2D eigenvalue weighted by atomic mass is 35.5. The zero-order chi connectivity index (χ0) is 13.8. The molecule has 0 aliphatic rings. The Labute approximate surface area is 120 Å². The van der Waals surface area contributed by atoms with Crippen molar-refractivity contribution in [2.75, 3.05) is 0 Å². The van der Waals surface area contributed by atoms with E-state index in [0.717, 1.165) is 5.69 Å². The summed E-state index contributed by atoms with van der Waals surface area (Å²) in [6.45, 7) is 2.10. The molecule has 0 bridgehead atoms. The minimum Gasteiger partial charge on any atom is -0.346 e. The molecule has 0 aromatic carbocycles. The highest BCUT2D eigenvalue weighted by molar-refractivity contribution is 6.34. The molecule has 0 aliphatic carbocycles. The number of pyridine rings is 2. The van der Waals surface area contributed by atoms with Gasteiger partial charge in [0, 0.05) is 18.1 Å². The summed E-state index contributed by atoms with van der Waals surface area (Å²) in [4.78, 5) is 20.0. The van der Waals surface area contributed by atoms with Crippen molar-refractivity contribution in [1.29, 1.82) is 0 Å². The van der Waals surface area contributed by atoms with Gasteiger partial charge in [0.25, 0.3) is 5.91 Å². The van der Waals surface area contributed by atoms with Gasteiger partial charge >= 0.3 is 0 Å². The summed E-state index contributed by atoms with van der Waals surface area (Å²) in [7, 11) is 0. The molecular weight excluding hydrogens is 285 g/mol. The van der Waals surface area contributed by atoms with Crippen LogP contribution in [0.15, 0.2) is 30.6 Å². The summed E-state index contributed by atoms with van der Waals surface area (Å²) in [5.41, 5.74) is 1.93. The van der Waals surface area contributed by atoms with E-state index in [1.165, 1.54) is 12.4 Å². The highest BCUT2D eigenvalue weighted by Crippen LogP contribution is 2.18. The van der Waals surface area contributed by atoms with E-state index in [4.69, 9.17) is 23.2 Å². The molecule has 98 valence electrons. The molecule has 0 fully saturated rings. The quantitative estimate of drug-likeness (QED) is 0.947. The number of amides is 1. The van der Waals surface area contributed by atoms with E-state index < -0.39 is 0 Å². The maximum Gasteiger partial charge on any atom is 0.253 e. The lowest BCUT2D eigenvalue weighted by Crippen LogP contribution is -2.23. The van der Waals surface area contributed by atoms with Gasteiger partial charge in [-0.15, -0.1) is 0 Å². The molecule has 2 aromatic rings. The lowest BCUT2D eigenvalue weighted by Gasteiger charge is -2.06. The molecule has 19 heavy (non-hydrogen) atoms. The number of halogens is 2. The van der Waals surface area contributed by atoms with E-state index in [-0.39, 0.29) is 12.5 Å². The number of carbonyl (C=O) groups excluding carboxylic acids is 1. The molecule has 1 N–H and O–H groups in total. The maximum absolute atomic E-state index is 11.9. The number of nitrogens with one attached hydrogen (secondary N) is 1. The van der Waals surface area contributed by atoms with Gasteiger partial charge in [-0.2, -0.15) is 0 Å². The topological polar surface area (TPSA) is 54.9 Å². The van der Waals surface area contributed by atoms with Crippen LogP contribution in [0.5, 0.6) is 0 Å². The van der Waals surface area contributed by atoms with Crippen LogP contribution in [0, 0.1) is 6.92 Å². The molecule has 6 heteroatoms. The van der Waals surface area contributed by atoms with Crippen molar-refractivity contribution in [3.8, 4) is 0 Å². The molecule has 0 saturated carbocycles. The van der Waals surface area contributed by atoms with Crippen molar-refractivity contribution in [2.45, 2.75) is 13.5 Å². The van der Waals surface area contributed by atoms with Crippen LogP contribution in [0.3, 0.4) is 0 Å². The van der Waals surface area contributed by atoms with Crippen LogP contribution >= 0.6 is 23.2 Å². The third kappa shape index (κ3) is 3.66. The van der Waals surface area contributed by atoms with Gasteiger partial charge in [-0.25, -0.2) is 0 Å². The zero-order valence-corrected chi connectivity index (χ0v) is 11.7. The second kappa shape index (κ2) is 5.99. The molecule has 4 nitrogen and oxygen atoms in total. The van der Waals surface area contributed by atoms with Crippen LogP contribution in [0.4, 0.5) is 0 Å². The Bertz CT molecular complexity index is 599. The van der Waals surface area contributed by atoms with Crippen LogP contribution in [-0.4, -0.2) is 15.9 Å². The van der Waals surface area contributed by atoms with E-state index in [9.17, 15) is 4.79 Å². The van der Waals surface area contributed by atoms with Gasteiger partial charge in [-0.05, 0) is 25.1 Å². The molecule has 0 spiro atoms. The molecule has 0 unspecified atom stereocenters. The van der Waals surface area contributed by atoms with E-state index in [0.29, 0.717) is 21.3 Å². The Hall–Kier alpha value is -1.65. The van der Waals surface area contributed by atoms with Gasteiger partial charge in [0.1, 0.15) is 0 Å². The predicted molar refractivity (Wildman–Crippen MR) is 74.4 cm³/mol. The molecule has 0 radical (unpaired) electrons. The Kier molecular flexibility index (Phi) is 4.35. The van der Waals surface area contributed by atoms with Crippen molar-refractivity contribution in [2.24, 2.45) is 0 Å². The molecular formula is C13H11Cl2N3O. The summed E-state index contributed by atoms with van der Waals surface area (Å²) >= 11 is 11.7. The minimum absolute atomic E-state index is 0.222. The van der Waals surface area contributed by atoms with Crippen molar-refractivity contribution in [3.05, 3.63) is 57.6 Å². The Morgan fingerprint density at radius 2 is 2.05 bits per heavy atom. The predicted octanol–water partition coefficient (Wildman–Crippen LogP) is 3.02. The standard InChI is InChI=1S/C13H11Cl2N3O/c1-8-2-3-9(5-16-8)13(19)18-7-12-11(15)4-10(14)6-17-12/h2-6H,7H2,1H3,(H,18,19). The van der Waals surface area contributed by atoms with Crippen LogP contribution in [-0.2, 0) is 6.54 Å². The molecule has 2 rings (SSSR count). The molecule has 2 aromatic heterocycles. The van der Waals surface area contributed by atoms with Crippen molar-refractivity contribution in [3.63, 3.8) is 0 Å². The van der Waals surface area contributed by atoms with E-state index >= 15 is 0 Å². The fourth-order valence-corrected chi connectivity index (χ4v) is 1.89. The van der Waals surface area contributed by atoms with Gasteiger partial charge in [-0.1, -0.05) is 23.2 Å². The van der Waals surface area contributed by atoms with Crippen LogP contribution in [0.2, 0.25) is 10.0 Å². The lowest BCUT2D eigenvalue weighted by atomic mass is 10.2. The molecule has 0 atom stereocenters. The molecule has 2 heterocycles. The first kappa shape index (κ1) is 13.8. The summed E-state index contributed by atoms with van der Waals surface area (Å²) in [5, 5.41) is 3.61. The van der Waals surface area contributed by atoms with Gasteiger partial charge in [0.05, 0.1) is 27.8 Å². The summed E-state index contributed by atoms with van der Waals surface area (Å²) in [6.07, 6.45) is 3.02. The van der Waals surface area contributed by atoms with E-state index in [1.54, 1.807) is 18.2 Å². The largest absolute Gasteiger partial charge is 0.346 e. The zero-order valence-electron chi connectivity index (χ0n) is 10.2. The van der Waals surface area contributed by atoms with Crippen LogP contribution < -0.4 is 5.32 Å². The van der Waals surface area contributed by atoms with E-state index in [1.807, 2.05) is 6.92 Å². The third-order valence-corrected chi connectivity index (χ3v) is 3.01. The van der Waals surface area contributed by atoms with Crippen molar-refractivity contribution in [1.82, 2.24) is 15.3 Å². The Balaban J connectivity index is 2.02. The number of hydrogen-bond acceptors (Lipinski definition) is 3. The van der Waals surface area contributed by atoms with Crippen molar-refractivity contribution >= 4 is 29.1 Å². The average Bonchev–Trinajstić information content (AvgIpc) is 2.38. The summed E-state index contributed by atoms with van der Waals surface area (Å²) in [5.74, 6) is -0.222. The van der Waals surface area contributed by atoms with Crippen LogP contribution in [0.1, 0.15) is 21.7 Å². The second-order valence-corrected chi connectivity index (χ2v) is 4.80. The van der Waals surface area contributed by atoms with Crippen LogP contribution in [0.25, 0.3) is 0 Å². The van der Waals surface area contributed by atoms with Gasteiger partial charge in [0.2, 0.25) is 0 Å². The lowest BCUT2D eigenvalue weighted by molar-refractivity contribution is 0.0950. The molecule has 1 amide bonds. The highest BCUT2D eigenvalue weighted by Gasteiger charge is 2.08. The van der Waals surface area contributed by atoms with Gasteiger partial charge in [-0.3, -0.25) is 14.8 Å². The molecule has 0 aliphatic heterocycles. The van der Waals surface area contributed by atoms with Crippen molar-refractivity contribution < 1.29 is 4.79 Å². The first-order chi connectivity index (χ1) is 9.06. The number of aryl methyl sites for hydroxylation is 1. The maximum atomic E-state index is 11.9. The second-order valence-electron chi connectivity index (χ2n) is 3.95. The fraction of sp³-hybridized carbons (Fsp3) is 0.154. The van der Waals surface area contributed by atoms with E-state index in [2.05, 4.69) is 15.3 Å². The number of hydrogen-bond donors (Lipinski definition) is 1. The Morgan fingerprint density at radius 3 is 2.68 bits per heavy atom. The fourth-order valence-electron chi connectivity index (χ4n) is 1.44. The summed E-state index contributed by atoms with van der Waals surface area (Å²) in [6, 6.07) is 5.09.